The Bertz CT molecular complexity index is 398. The quantitative estimate of drug-likeness (QED) is 0.790. The van der Waals surface area contributed by atoms with E-state index in [1.165, 1.54) is 11.3 Å². The molecule has 0 spiro atoms. The summed E-state index contributed by atoms with van der Waals surface area (Å²) in [5.74, 6) is 0. The summed E-state index contributed by atoms with van der Waals surface area (Å²) in [7, 11) is -1.05. The van der Waals surface area contributed by atoms with Crippen LogP contribution in [0.5, 0.6) is 0 Å². The van der Waals surface area contributed by atoms with Gasteiger partial charge in [-0.1, -0.05) is 0 Å². The number of hydrogen-bond acceptors (Lipinski definition) is 5. The van der Waals surface area contributed by atoms with E-state index in [0.717, 1.165) is 10.7 Å². The highest BCUT2D eigenvalue weighted by Gasteiger charge is 2.40. The fourth-order valence-electron chi connectivity index (χ4n) is 1.25. The maximum Gasteiger partial charge on any atom is 0.504 e. The number of aryl methyl sites for hydroxylation is 2. The third-order valence-corrected chi connectivity index (χ3v) is 4.15. The smallest absolute Gasteiger partial charge is 0.422 e. The van der Waals surface area contributed by atoms with Gasteiger partial charge < -0.3 is 14.8 Å². The van der Waals surface area contributed by atoms with E-state index in [0.29, 0.717) is 4.78 Å². The van der Waals surface area contributed by atoms with Crippen LogP contribution in [-0.2, 0) is 4.65 Å². The molecule has 6 heteroatoms. The molecular formula is C11H20BNO3S. The Morgan fingerprint density at radius 3 is 2.12 bits per heavy atom. The zero-order chi connectivity index (χ0) is 13.4. The van der Waals surface area contributed by atoms with Gasteiger partial charge in [0, 0.05) is 5.69 Å². The molecule has 0 saturated heterocycles. The molecule has 0 aliphatic heterocycles. The van der Waals surface area contributed by atoms with Crippen LogP contribution in [0.3, 0.4) is 0 Å². The number of aliphatic hydroxyl groups is 1. The van der Waals surface area contributed by atoms with Crippen LogP contribution in [0, 0.1) is 13.8 Å². The first-order valence-corrected chi connectivity index (χ1v) is 6.38. The van der Waals surface area contributed by atoms with Crippen molar-refractivity contribution >= 4 is 23.2 Å². The minimum atomic E-state index is -1.05. The number of nitrogens with zero attached hydrogens (tertiary/aromatic N) is 1. The van der Waals surface area contributed by atoms with E-state index in [1.54, 1.807) is 27.7 Å². The van der Waals surface area contributed by atoms with Crippen molar-refractivity contribution in [1.29, 1.82) is 0 Å². The molecular weight excluding hydrogens is 237 g/mol. The van der Waals surface area contributed by atoms with Gasteiger partial charge in [0.1, 0.15) is 0 Å². The second kappa shape index (κ2) is 4.68. The van der Waals surface area contributed by atoms with Gasteiger partial charge in [-0.15, -0.1) is 11.3 Å². The van der Waals surface area contributed by atoms with Gasteiger partial charge in [0.15, 0.2) is 0 Å². The van der Waals surface area contributed by atoms with Gasteiger partial charge in [-0.25, -0.2) is 4.98 Å². The van der Waals surface area contributed by atoms with Crippen molar-refractivity contribution in [2.24, 2.45) is 0 Å². The van der Waals surface area contributed by atoms with E-state index in [4.69, 9.17) is 4.65 Å². The molecule has 0 amide bonds. The standard InChI is InChI=1S/C11H20BNO3S/c1-7-9(17-8(2)13-7)12(15)16-11(5,6)10(3,4)14/h14-15H,1-6H3. The first kappa shape index (κ1) is 14.6. The molecule has 2 N–H and O–H groups in total. The van der Waals surface area contributed by atoms with Crippen LogP contribution in [0.1, 0.15) is 38.4 Å². The number of aromatic nitrogens is 1. The van der Waals surface area contributed by atoms with Gasteiger partial charge in [-0.3, -0.25) is 0 Å². The molecule has 4 nitrogen and oxygen atoms in total. The average molecular weight is 257 g/mol. The first-order valence-electron chi connectivity index (χ1n) is 5.57. The maximum atomic E-state index is 10.1. The lowest BCUT2D eigenvalue weighted by Crippen LogP contribution is -2.53. The van der Waals surface area contributed by atoms with E-state index in [9.17, 15) is 10.1 Å². The van der Waals surface area contributed by atoms with Crippen molar-refractivity contribution in [2.45, 2.75) is 52.7 Å². The molecule has 17 heavy (non-hydrogen) atoms. The monoisotopic (exact) mass is 257 g/mol. The zero-order valence-electron chi connectivity index (χ0n) is 11.2. The molecule has 96 valence electrons. The van der Waals surface area contributed by atoms with Crippen molar-refractivity contribution in [3.8, 4) is 0 Å². The van der Waals surface area contributed by atoms with Gasteiger partial charge in [-0.2, -0.15) is 0 Å². The van der Waals surface area contributed by atoms with Crippen molar-refractivity contribution in [3.05, 3.63) is 10.7 Å². The molecule has 1 heterocycles. The molecule has 1 aromatic rings. The van der Waals surface area contributed by atoms with Crippen LogP contribution < -0.4 is 4.78 Å². The summed E-state index contributed by atoms with van der Waals surface area (Å²) in [6.07, 6.45) is 0. The fourth-order valence-corrected chi connectivity index (χ4v) is 2.10. The van der Waals surface area contributed by atoms with Crippen LogP contribution in [0.2, 0.25) is 0 Å². The van der Waals surface area contributed by atoms with Gasteiger partial charge in [0.25, 0.3) is 0 Å². The molecule has 1 aromatic heterocycles. The molecule has 0 radical (unpaired) electrons. The second-order valence-corrected chi connectivity index (χ2v) is 6.46. The second-order valence-electron chi connectivity index (χ2n) is 5.22. The summed E-state index contributed by atoms with van der Waals surface area (Å²) in [6.45, 7) is 10.5. The third-order valence-electron chi connectivity index (χ3n) is 3.04. The van der Waals surface area contributed by atoms with E-state index in [1.807, 2.05) is 13.8 Å². The molecule has 0 aromatic carbocycles. The van der Waals surface area contributed by atoms with Crippen molar-refractivity contribution < 1.29 is 14.8 Å². The Hall–Kier alpha value is -0.425. The number of hydrogen-bond donors (Lipinski definition) is 2. The lowest BCUT2D eigenvalue weighted by Gasteiger charge is -2.38. The summed E-state index contributed by atoms with van der Waals surface area (Å²) in [6, 6.07) is 0. The summed E-state index contributed by atoms with van der Waals surface area (Å²) in [5.41, 5.74) is -1.12. The molecule has 0 unspecified atom stereocenters. The summed E-state index contributed by atoms with van der Waals surface area (Å²) >= 11 is 1.41. The maximum absolute atomic E-state index is 10.1. The van der Waals surface area contributed by atoms with Crippen molar-refractivity contribution in [2.75, 3.05) is 0 Å². The SMILES string of the molecule is Cc1nc(C)c(B(O)OC(C)(C)C(C)(C)O)s1. The van der Waals surface area contributed by atoms with Gasteiger partial charge in [0.05, 0.1) is 21.0 Å². The number of rotatable bonds is 4. The lowest BCUT2D eigenvalue weighted by molar-refractivity contribution is -0.0982. The Labute approximate surface area is 107 Å². The molecule has 0 atom stereocenters. The largest absolute Gasteiger partial charge is 0.504 e. The summed E-state index contributed by atoms with van der Waals surface area (Å²) in [4.78, 5) is 4.24. The Morgan fingerprint density at radius 1 is 1.24 bits per heavy atom. The predicted octanol–water partition coefficient (Wildman–Crippen LogP) is 1.01. The Kier molecular flexibility index (Phi) is 4.03. The van der Waals surface area contributed by atoms with E-state index in [-0.39, 0.29) is 0 Å². The van der Waals surface area contributed by atoms with Crippen LogP contribution >= 0.6 is 11.3 Å². The topological polar surface area (TPSA) is 62.6 Å². The minimum absolute atomic E-state index is 0.694. The highest BCUT2D eigenvalue weighted by molar-refractivity contribution is 7.22. The molecule has 0 saturated carbocycles. The molecule has 0 aliphatic carbocycles. The Morgan fingerprint density at radius 2 is 1.76 bits per heavy atom. The summed E-state index contributed by atoms with van der Waals surface area (Å²) < 4.78 is 6.25. The Balaban J connectivity index is 2.86. The average Bonchev–Trinajstić information content (AvgIpc) is 2.42. The van der Waals surface area contributed by atoms with Crippen LogP contribution in [0.15, 0.2) is 0 Å². The molecule has 0 bridgehead atoms. The van der Waals surface area contributed by atoms with E-state index >= 15 is 0 Å². The van der Waals surface area contributed by atoms with Gasteiger partial charge in [0.2, 0.25) is 0 Å². The van der Waals surface area contributed by atoms with E-state index in [2.05, 4.69) is 4.98 Å². The van der Waals surface area contributed by atoms with Crippen molar-refractivity contribution in [3.63, 3.8) is 0 Å². The minimum Gasteiger partial charge on any atom is -0.422 e. The number of thiazole rings is 1. The van der Waals surface area contributed by atoms with Crippen LogP contribution in [0.25, 0.3) is 0 Å². The van der Waals surface area contributed by atoms with Crippen LogP contribution in [0.4, 0.5) is 0 Å². The van der Waals surface area contributed by atoms with E-state index < -0.39 is 18.3 Å². The zero-order valence-corrected chi connectivity index (χ0v) is 12.1. The van der Waals surface area contributed by atoms with Gasteiger partial charge >= 0.3 is 7.12 Å². The molecule has 1 rings (SSSR count). The first-order chi connectivity index (χ1) is 7.54. The van der Waals surface area contributed by atoms with Crippen molar-refractivity contribution in [1.82, 2.24) is 4.98 Å². The highest BCUT2D eigenvalue weighted by Crippen LogP contribution is 2.25. The fraction of sp³-hybridized carbons (Fsp3) is 0.727. The highest BCUT2D eigenvalue weighted by atomic mass is 32.1. The molecule has 0 fully saturated rings. The van der Waals surface area contributed by atoms with Gasteiger partial charge in [-0.05, 0) is 41.5 Å². The third kappa shape index (κ3) is 3.28. The lowest BCUT2D eigenvalue weighted by atomic mass is 9.81. The molecule has 0 aliphatic rings. The normalized spacial score (nSPS) is 12.9. The van der Waals surface area contributed by atoms with Crippen LogP contribution in [-0.4, -0.2) is 33.4 Å². The summed E-state index contributed by atoms with van der Waals surface area (Å²) in [5, 5.41) is 20.9. The predicted molar refractivity (Wildman–Crippen MR) is 70.7 cm³/mol.